The standard InChI is InChI=1S/C9H12N2O4S/c1-15-5(10)9(8(13)14)6(12)11-3-2-4-16-7(9)11/h2-3,5,7H,4,10H2,1H3,(H,13,14)/t5?,7-,9?/m0/s1. The Kier molecular flexibility index (Phi) is 2.69. The summed E-state index contributed by atoms with van der Waals surface area (Å²) in [7, 11) is 1.30. The van der Waals surface area contributed by atoms with Crippen LogP contribution in [0.15, 0.2) is 12.3 Å². The Morgan fingerprint density at radius 2 is 2.56 bits per heavy atom. The highest BCUT2D eigenvalue weighted by Crippen LogP contribution is 2.49. The van der Waals surface area contributed by atoms with E-state index in [1.54, 1.807) is 6.20 Å². The molecule has 3 atom stereocenters. The molecule has 16 heavy (non-hydrogen) atoms. The number of ether oxygens (including phenoxy) is 1. The highest BCUT2D eigenvalue weighted by atomic mass is 32.2. The number of carbonyl (C=O) groups excluding carboxylic acids is 1. The molecule has 0 aromatic carbocycles. The minimum Gasteiger partial charge on any atom is -0.480 e. The van der Waals surface area contributed by atoms with Gasteiger partial charge in [-0.05, 0) is 0 Å². The molecule has 1 fully saturated rings. The van der Waals surface area contributed by atoms with Gasteiger partial charge in [-0.2, -0.15) is 0 Å². The van der Waals surface area contributed by atoms with Crippen molar-refractivity contribution in [2.24, 2.45) is 11.1 Å². The minimum absolute atomic E-state index is 0.475. The van der Waals surface area contributed by atoms with Crippen molar-refractivity contribution in [2.75, 3.05) is 12.9 Å². The molecule has 7 heteroatoms. The number of nitrogens with two attached hydrogens (primary N) is 1. The highest BCUT2D eigenvalue weighted by Gasteiger charge is 2.70. The Balaban J connectivity index is 2.38. The molecule has 0 saturated carbocycles. The molecule has 2 heterocycles. The average molecular weight is 244 g/mol. The van der Waals surface area contributed by atoms with E-state index in [4.69, 9.17) is 10.5 Å². The predicted octanol–water partition coefficient (Wildman–Crippen LogP) is -0.583. The second-order valence-corrected chi connectivity index (χ2v) is 4.73. The third-order valence-corrected chi connectivity index (χ3v) is 4.20. The number of carbonyl (C=O) groups is 2. The van der Waals surface area contributed by atoms with Crippen LogP contribution in [0.3, 0.4) is 0 Å². The van der Waals surface area contributed by atoms with Crippen LogP contribution in [0.1, 0.15) is 0 Å². The summed E-state index contributed by atoms with van der Waals surface area (Å²) in [6, 6.07) is 0. The molecule has 6 nitrogen and oxygen atoms in total. The van der Waals surface area contributed by atoms with E-state index in [2.05, 4.69) is 0 Å². The summed E-state index contributed by atoms with van der Waals surface area (Å²) in [4.78, 5) is 24.6. The first kappa shape index (κ1) is 11.4. The van der Waals surface area contributed by atoms with Gasteiger partial charge in [-0.1, -0.05) is 6.08 Å². The van der Waals surface area contributed by atoms with Gasteiger partial charge in [-0.3, -0.25) is 9.59 Å². The molecule has 0 aliphatic carbocycles. The van der Waals surface area contributed by atoms with Crippen LogP contribution in [0.25, 0.3) is 0 Å². The van der Waals surface area contributed by atoms with Gasteiger partial charge in [-0.15, -0.1) is 11.8 Å². The van der Waals surface area contributed by atoms with Crippen LogP contribution < -0.4 is 5.73 Å². The Bertz CT molecular complexity index is 373. The summed E-state index contributed by atoms with van der Waals surface area (Å²) in [5, 5.41) is 8.78. The van der Waals surface area contributed by atoms with Gasteiger partial charge in [0.05, 0.1) is 0 Å². The van der Waals surface area contributed by atoms with Gasteiger partial charge in [0.1, 0.15) is 11.6 Å². The van der Waals surface area contributed by atoms with Crippen molar-refractivity contribution in [3.8, 4) is 0 Å². The number of methoxy groups -OCH3 is 1. The molecule has 0 bridgehead atoms. The molecular formula is C9H12N2O4S. The second-order valence-electron chi connectivity index (χ2n) is 3.61. The van der Waals surface area contributed by atoms with Crippen molar-refractivity contribution in [1.82, 2.24) is 4.90 Å². The summed E-state index contributed by atoms with van der Waals surface area (Å²) in [6.07, 6.45) is 2.29. The van der Waals surface area contributed by atoms with Gasteiger partial charge in [-0.25, -0.2) is 0 Å². The van der Waals surface area contributed by atoms with Crippen molar-refractivity contribution in [2.45, 2.75) is 11.6 Å². The van der Waals surface area contributed by atoms with Gasteiger partial charge in [0.15, 0.2) is 0 Å². The Morgan fingerprint density at radius 1 is 1.88 bits per heavy atom. The van der Waals surface area contributed by atoms with Crippen LogP contribution in [0, 0.1) is 5.41 Å². The second kappa shape index (κ2) is 3.76. The number of hydrogen-bond donors (Lipinski definition) is 2. The third kappa shape index (κ3) is 1.16. The lowest BCUT2D eigenvalue weighted by atomic mass is 9.76. The number of nitrogens with zero attached hydrogens (tertiary/aromatic N) is 1. The van der Waals surface area contributed by atoms with Gasteiger partial charge < -0.3 is 20.5 Å². The first-order valence-corrected chi connectivity index (χ1v) is 5.74. The van der Waals surface area contributed by atoms with Crippen molar-refractivity contribution in [1.29, 1.82) is 0 Å². The number of fused-ring (bicyclic) bond motifs is 1. The topological polar surface area (TPSA) is 92.9 Å². The van der Waals surface area contributed by atoms with Gasteiger partial charge in [0, 0.05) is 19.1 Å². The summed E-state index contributed by atoms with van der Waals surface area (Å²) in [6.45, 7) is 0. The molecular weight excluding hydrogens is 232 g/mol. The fourth-order valence-electron chi connectivity index (χ4n) is 2.01. The SMILES string of the molecule is COC(N)C1(C(=O)O)C(=O)N2C=CCS[C@H]21. The van der Waals surface area contributed by atoms with E-state index >= 15 is 0 Å². The highest BCUT2D eigenvalue weighted by molar-refractivity contribution is 8.00. The minimum atomic E-state index is -1.65. The van der Waals surface area contributed by atoms with Gasteiger partial charge >= 0.3 is 5.97 Å². The molecule has 0 spiro atoms. The van der Waals surface area contributed by atoms with Gasteiger partial charge in [0.25, 0.3) is 5.91 Å². The third-order valence-electron chi connectivity index (χ3n) is 2.90. The number of thioether (sulfide) groups is 1. The number of rotatable bonds is 3. The van der Waals surface area contributed by atoms with E-state index in [9.17, 15) is 14.7 Å². The van der Waals surface area contributed by atoms with Crippen molar-refractivity contribution in [3.63, 3.8) is 0 Å². The molecule has 2 unspecified atom stereocenters. The maximum atomic E-state index is 11.9. The number of aliphatic carboxylic acids is 1. The lowest BCUT2D eigenvalue weighted by molar-refractivity contribution is -0.189. The van der Waals surface area contributed by atoms with E-state index < -0.39 is 28.9 Å². The van der Waals surface area contributed by atoms with Crippen LogP contribution in [-0.2, 0) is 14.3 Å². The Hall–Kier alpha value is -1.05. The monoisotopic (exact) mass is 244 g/mol. The molecule has 1 saturated heterocycles. The molecule has 0 aromatic rings. The van der Waals surface area contributed by atoms with Crippen molar-refractivity contribution in [3.05, 3.63) is 12.3 Å². The lowest BCUT2D eigenvalue weighted by Crippen LogP contribution is -2.76. The van der Waals surface area contributed by atoms with Crippen LogP contribution in [0.5, 0.6) is 0 Å². The van der Waals surface area contributed by atoms with Crippen molar-refractivity contribution < 1.29 is 19.4 Å². The van der Waals surface area contributed by atoms with Gasteiger partial charge in [0.2, 0.25) is 5.41 Å². The summed E-state index contributed by atoms with van der Waals surface area (Å²) < 4.78 is 4.85. The fourth-order valence-corrected chi connectivity index (χ4v) is 3.31. The van der Waals surface area contributed by atoms with E-state index in [1.165, 1.54) is 23.8 Å². The smallest absolute Gasteiger partial charge is 0.326 e. The molecule has 2 aliphatic rings. The van der Waals surface area contributed by atoms with Crippen LogP contribution in [-0.4, -0.2) is 46.3 Å². The summed E-state index contributed by atoms with van der Waals surface area (Å²) in [5.41, 5.74) is 3.97. The quantitative estimate of drug-likeness (QED) is 0.392. The van der Waals surface area contributed by atoms with Crippen molar-refractivity contribution >= 4 is 23.6 Å². The number of amides is 1. The van der Waals surface area contributed by atoms with Crippen LogP contribution in [0.4, 0.5) is 0 Å². The maximum Gasteiger partial charge on any atom is 0.326 e. The molecule has 0 radical (unpaired) electrons. The average Bonchev–Trinajstić information content (AvgIpc) is 2.28. The maximum absolute atomic E-state index is 11.9. The Labute approximate surface area is 96.4 Å². The van der Waals surface area contributed by atoms with E-state index in [0.717, 1.165) is 0 Å². The molecule has 2 aliphatic heterocycles. The summed E-state index contributed by atoms with van der Waals surface area (Å²) >= 11 is 1.37. The molecule has 3 N–H and O–H groups in total. The largest absolute Gasteiger partial charge is 0.480 e. The number of carboxylic acids is 1. The number of carboxylic acid groups (broad SMARTS) is 1. The summed E-state index contributed by atoms with van der Waals surface area (Å²) in [5.74, 6) is -1.07. The zero-order chi connectivity index (χ0) is 11.9. The molecule has 0 aromatic heterocycles. The normalized spacial score (nSPS) is 34.2. The molecule has 1 amide bonds. The lowest BCUT2D eigenvalue weighted by Gasteiger charge is -2.54. The molecule has 88 valence electrons. The number of β-lactam (4-membered cyclic amide) rings is 1. The predicted molar refractivity (Wildman–Crippen MR) is 57.3 cm³/mol. The van der Waals surface area contributed by atoms with E-state index in [1.807, 2.05) is 6.08 Å². The number of hydrogen-bond acceptors (Lipinski definition) is 5. The first-order valence-electron chi connectivity index (χ1n) is 4.69. The van der Waals surface area contributed by atoms with Crippen LogP contribution in [0.2, 0.25) is 0 Å². The van der Waals surface area contributed by atoms with E-state index in [0.29, 0.717) is 5.75 Å². The first-order chi connectivity index (χ1) is 7.56. The zero-order valence-corrected chi connectivity index (χ0v) is 9.44. The fraction of sp³-hybridized carbons (Fsp3) is 0.556. The van der Waals surface area contributed by atoms with Crippen LogP contribution >= 0.6 is 11.8 Å². The molecule has 2 rings (SSSR count). The Morgan fingerprint density at radius 3 is 3.12 bits per heavy atom. The zero-order valence-electron chi connectivity index (χ0n) is 8.62. The van der Waals surface area contributed by atoms with E-state index in [-0.39, 0.29) is 0 Å².